The van der Waals surface area contributed by atoms with Gasteiger partial charge in [-0.25, -0.2) is 8.78 Å². The topological polar surface area (TPSA) is 75.4 Å². The van der Waals surface area contributed by atoms with Crippen LogP contribution in [-0.2, 0) is 6.54 Å². The highest BCUT2D eigenvalue weighted by Gasteiger charge is 2.27. The number of aromatic nitrogens is 1. The maximum atomic E-state index is 13.2. The number of nitrogens with zero attached hydrogens (tertiary/aromatic N) is 1. The first kappa shape index (κ1) is 17.2. The van der Waals surface area contributed by atoms with E-state index in [2.05, 4.69) is 10.5 Å². The molecule has 0 saturated heterocycles. The van der Waals surface area contributed by atoms with Gasteiger partial charge in [0.1, 0.15) is 29.0 Å². The molecule has 0 fully saturated rings. The fourth-order valence-corrected chi connectivity index (χ4v) is 3.08. The molecule has 8 heteroatoms. The first-order valence-electron chi connectivity index (χ1n) is 7.40. The van der Waals surface area contributed by atoms with E-state index in [0.717, 1.165) is 18.2 Å². The molecular formula is C17H14F2N2O3S. The van der Waals surface area contributed by atoms with E-state index in [1.165, 1.54) is 18.3 Å². The van der Waals surface area contributed by atoms with Gasteiger partial charge in [0.2, 0.25) is 0 Å². The van der Waals surface area contributed by atoms with Crippen molar-refractivity contribution in [2.24, 2.45) is 0 Å². The maximum absolute atomic E-state index is 13.2. The molecule has 2 aromatic heterocycles. The second kappa shape index (κ2) is 7.12. The number of thiophene rings is 1. The molecule has 0 radical (unpaired) electrons. The summed E-state index contributed by atoms with van der Waals surface area (Å²) in [6, 6.07) is 6.59. The number of aliphatic hydroxyl groups is 1. The molecule has 2 N–H and O–H groups in total. The quantitative estimate of drug-likeness (QED) is 0.724. The molecule has 0 spiro atoms. The second-order valence-corrected chi connectivity index (χ2v) is 6.33. The summed E-state index contributed by atoms with van der Waals surface area (Å²) in [7, 11) is 0. The van der Waals surface area contributed by atoms with Gasteiger partial charge in [0.05, 0.1) is 4.88 Å². The van der Waals surface area contributed by atoms with Gasteiger partial charge in [-0.2, -0.15) is 0 Å². The highest BCUT2D eigenvalue weighted by atomic mass is 32.1. The summed E-state index contributed by atoms with van der Waals surface area (Å²) in [4.78, 5) is 13.3. The van der Waals surface area contributed by atoms with Gasteiger partial charge in [0.15, 0.2) is 5.76 Å². The van der Waals surface area contributed by atoms with E-state index in [-0.39, 0.29) is 23.4 Å². The van der Waals surface area contributed by atoms with Crippen molar-refractivity contribution >= 4 is 17.2 Å². The van der Waals surface area contributed by atoms with Gasteiger partial charge in [-0.05, 0) is 36.1 Å². The number of hydrogen-bond acceptors (Lipinski definition) is 5. The number of amides is 1. The van der Waals surface area contributed by atoms with Gasteiger partial charge in [0, 0.05) is 12.6 Å². The minimum atomic E-state index is -1.03. The monoisotopic (exact) mass is 364 g/mol. The predicted octanol–water partition coefficient (Wildman–Crippen LogP) is 3.66. The van der Waals surface area contributed by atoms with E-state index in [1.54, 1.807) is 12.1 Å². The van der Waals surface area contributed by atoms with Crippen molar-refractivity contribution in [3.8, 4) is 10.6 Å². The Hall–Kier alpha value is -2.58. The number of carbonyl (C=O) groups excluding carboxylic acids is 1. The summed E-state index contributed by atoms with van der Waals surface area (Å²) in [6.07, 6.45) is -1.03. The van der Waals surface area contributed by atoms with Crippen molar-refractivity contribution in [2.75, 3.05) is 0 Å². The molecule has 5 nitrogen and oxygen atoms in total. The average molecular weight is 364 g/mol. The van der Waals surface area contributed by atoms with Crippen LogP contribution in [0.3, 0.4) is 0 Å². The Morgan fingerprint density at radius 1 is 1.36 bits per heavy atom. The number of hydrogen-bond donors (Lipinski definition) is 2. The molecule has 25 heavy (non-hydrogen) atoms. The van der Waals surface area contributed by atoms with Gasteiger partial charge >= 0.3 is 0 Å². The van der Waals surface area contributed by atoms with E-state index in [4.69, 9.17) is 4.52 Å². The van der Waals surface area contributed by atoms with Gasteiger partial charge < -0.3 is 14.9 Å². The molecule has 1 unspecified atom stereocenters. The highest BCUT2D eigenvalue weighted by Crippen LogP contribution is 2.31. The normalized spacial score (nSPS) is 12.2. The summed E-state index contributed by atoms with van der Waals surface area (Å²) in [6.45, 7) is 1.37. The van der Waals surface area contributed by atoms with Crippen LogP contribution in [0.2, 0.25) is 0 Å². The van der Waals surface area contributed by atoms with Gasteiger partial charge in [-0.15, -0.1) is 11.3 Å². The molecular weight excluding hydrogens is 350 g/mol. The third-order valence-corrected chi connectivity index (χ3v) is 4.33. The first-order chi connectivity index (χ1) is 12.0. The summed E-state index contributed by atoms with van der Waals surface area (Å²) in [5.41, 5.74) is 0.696. The van der Waals surface area contributed by atoms with Gasteiger partial charge in [0.25, 0.3) is 5.91 Å². The summed E-state index contributed by atoms with van der Waals surface area (Å²) >= 11 is 1.37. The van der Waals surface area contributed by atoms with Crippen LogP contribution in [0.1, 0.15) is 34.7 Å². The lowest BCUT2D eigenvalue weighted by atomic mass is 10.1. The lowest BCUT2D eigenvalue weighted by Crippen LogP contribution is -2.24. The predicted molar refractivity (Wildman–Crippen MR) is 88.0 cm³/mol. The molecule has 0 aliphatic heterocycles. The summed E-state index contributed by atoms with van der Waals surface area (Å²) in [5, 5.41) is 18.1. The van der Waals surface area contributed by atoms with E-state index in [0.29, 0.717) is 10.6 Å². The third-order valence-electron chi connectivity index (χ3n) is 3.45. The van der Waals surface area contributed by atoms with E-state index in [1.807, 2.05) is 5.38 Å². The van der Waals surface area contributed by atoms with Crippen LogP contribution in [0.15, 0.2) is 40.2 Å². The number of nitrogens with one attached hydrogen (secondary N) is 1. The number of aliphatic hydroxyl groups excluding tert-OH is 1. The minimum Gasteiger partial charge on any atom is -0.385 e. The summed E-state index contributed by atoms with van der Waals surface area (Å²) < 4.78 is 31.6. The Balaban J connectivity index is 1.87. The molecule has 0 aliphatic carbocycles. The molecule has 0 bridgehead atoms. The lowest BCUT2D eigenvalue weighted by Gasteiger charge is -2.08. The number of carbonyl (C=O) groups is 1. The third kappa shape index (κ3) is 3.75. The molecule has 3 aromatic rings. The molecule has 3 rings (SSSR count). The van der Waals surface area contributed by atoms with Crippen LogP contribution >= 0.6 is 11.3 Å². The maximum Gasteiger partial charge on any atom is 0.257 e. The van der Waals surface area contributed by atoms with Crippen molar-refractivity contribution in [1.29, 1.82) is 0 Å². The Bertz CT molecular complexity index is 871. The highest BCUT2D eigenvalue weighted by molar-refractivity contribution is 7.13. The number of rotatable bonds is 5. The van der Waals surface area contributed by atoms with Crippen LogP contribution < -0.4 is 5.32 Å². The molecule has 1 aromatic carbocycles. The number of halogens is 2. The van der Waals surface area contributed by atoms with Crippen molar-refractivity contribution in [1.82, 2.24) is 10.5 Å². The lowest BCUT2D eigenvalue weighted by molar-refractivity contribution is 0.0938. The Morgan fingerprint density at radius 3 is 2.68 bits per heavy atom. The van der Waals surface area contributed by atoms with E-state index >= 15 is 0 Å². The zero-order valence-electron chi connectivity index (χ0n) is 13.1. The van der Waals surface area contributed by atoms with Crippen LogP contribution in [0, 0.1) is 11.6 Å². The fraction of sp³-hybridized carbons (Fsp3) is 0.176. The second-order valence-electron chi connectivity index (χ2n) is 5.38. The van der Waals surface area contributed by atoms with Crippen LogP contribution in [0.25, 0.3) is 10.6 Å². The van der Waals surface area contributed by atoms with Crippen molar-refractivity contribution < 1.29 is 23.2 Å². The van der Waals surface area contributed by atoms with E-state index < -0.39 is 23.6 Å². The SMILES string of the molecule is CC(O)c1onc(-c2cccs2)c1C(=O)NCc1cc(F)cc(F)c1. The van der Waals surface area contributed by atoms with Crippen LogP contribution in [0.5, 0.6) is 0 Å². The van der Waals surface area contributed by atoms with Crippen LogP contribution in [-0.4, -0.2) is 16.2 Å². The Morgan fingerprint density at radius 2 is 2.08 bits per heavy atom. The fourth-order valence-electron chi connectivity index (χ4n) is 2.37. The number of benzene rings is 1. The molecule has 2 heterocycles. The molecule has 1 atom stereocenters. The zero-order valence-corrected chi connectivity index (χ0v) is 13.9. The molecule has 0 aliphatic rings. The largest absolute Gasteiger partial charge is 0.385 e. The zero-order chi connectivity index (χ0) is 18.0. The average Bonchev–Trinajstić information content (AvgIpc) is 3.20. The summed E-state index contributed by atoms with van der Waals surface area (Å²) in [5.74, 6) is -1.96. The molecule has 1 amide bonds. The van der Waals surface area contributed by atoms with Crippen molar-refractivity contribution in [2.45, 2.75) is 19.6 Å². The standard InChI is InChI=1S/C17H14F2N2O3S/c1-9(22)16-14(15(21-24-16)13-3-2-4-25-13)17(23)20-8-10-5-11(18)7-12(19)6-10/h2-7,9,22H,8H2,1H3,(H,20,23). The van der Waals surface area contributed by atoms with Crippen molar-refractivity contribution in [3.05, 3.63) is 64.2 Å². The van der Waals surface area contributed by atoms with Crippen molar-refractivity contribution in [3.63, 3.8) is 0 Å². The van der Waals surface area contributed by atoms with Crippen LogP contribution in [0.4, 0.5) is 8.78 Å². The Kier molecular flexibility index (Phi) is 4.91. The first-order valence-corrected chi connectivity index (χ1v) is 8.28. The van der Waals surface area contributed by atoms with Gasteiger partial charge in [-0.1, -0.05) is 11.2 Å². The van der Waals surface area contributed by atoms with Gasteiger partial charge in [-0.3, -0.25) is 4.79 Å². The Labute approximate surface area is 145 Å². The molecule has 0 saturated carbocycles. The van der Waals surface area contributed by atoms with E-state index in [9.17, 15) is 18.7 Å². The minimum absolute atomic E-state index is 0.0336. The molecule has 130 valence electrons. The smallest absolute Gasteiger partial charge is 0.257 e.